The van der Waals surface area contributed by atoms with Crippen molar-refractivity contribution in [2.45, 2.75) is 38.8 Å². The van der Waals surface area contributed by atoms with Gasteiger partial charge in [-0.3, -0.25) is 4.79 Å². The summed E-state index contributed by atoms with van der Waals surface area (Å²) in [6.45, 7) is 3.83. The highest BCUT2D eigenvalue weighted by Crippen LogP contribution is 2.07. The van der Waals surface area contributed by atoms with Gasteiger partial charge in [0.2, 0.25) is 5.91 Å². The number of ether oxygens (including phenoxy) is 1. The highest BCUT2D eigenvalue weighted by Gasteiger charge is 2.24. The van der Waals surface area contributed by atoms with Gasteiger partial charge in [0.05, 0.1) is 7.11 Å². The van der Waals surface area contributed by atoms with Crippen LogP contribution in [0.25, 0.3) is 6.08 Å². The first-order valence-corrected chi connectivity index (χ1v) is 7.72. The lowest BCUT2D eigenvalue weighted by Gasteiger charge is -2.18. The predicted octanol–water partition coefficient (Wildman–Crippen LogP) is 2.15. The van der Waals surface area contributed by atoms with Crippen LogP contribution in [0.3, 0.4) is 0 Å². The highest BCUT2D eigenvalue weighted by molar-refractivity contribution is 5.86. The maximum absolute atomic E-state index is 11.9. The summed E-state index contributed by atoms with van der Waals surface area (Å²) in [7, 11) is 1.27. The molecule has 2 N–H and O–H groups in total. The van der Waals surface area contributed by atoms with Crippen LogP contribution < -0.4 is 5.32 Å². The average molecular weight is 319 g/mol. The zero-order valence-corrected chi connectivity index (χ0v) is 13.9. The minimum absolute atomic E-state index is 0.185. The van der Waals surface area contributed by atoms with E-state index in [1.54, 1.807) is 6.08 Å². The van der Waals surface area contributed by atoms with Crippen LogP contribution in [0, 0.1) is 5.92 Å². The highest BCUT2D eigenvalue weighted by atomic mass is 16.5. The van der Waals surface area contributed by atoms with Gasteiger partial charge in [-0.15, -0.1) is 0 Å². The van der Waals surface area contributed by atoms with E-state index in [1.165, 1.54) is 7.11 Å². The molecule has 0 heterocycles. The second-order valence-electron chi connectivity index (χ2n) is 5.78. The molecule has 126 valence electrons. The average Bonchev–Trinajstić information content (AvgIpc) is 2.53. The summed E-state index contributed by atoms with van der Waals surface area (Å²) < 4.78 is 4.71. The molecule has 0 bridgehead atoms. The number of rotatable bonds is 8. The monoisotopic (exact) mass is 319 g/mol. The Morgan fingerprint density at radius 1 is 1.26 bits per heavy atom. The number of hydrogen-bond donors (Lipinski definition) is 2. The topological polar surface area (TPSA) is 75.6 Å². The molecule has 1 aromatic carbocycles. The van der Waals surface area contributed by atoms with Gasteiger partial charge in [-0.05, 0) is 24.3 Å². The predicted molar refractivity (Wildman–Crippen MR) is 89.5 cm³/mol. The summed E-state index contributed by atoms with van der Waals surface area (Å²) in [5.41, 5.74) is 1.00. The van der Waals surface area contributed by atoms with Gasteiger partial charge in [0, 0.05) is 0 Å². The van der Waals surface area contributed by atoms with Crippen molar-refractivity contribution in [1.29, 1.82) is 0 Å². The number of aliphatic hydroxyl groups excluding tert-OH is 1. The third-order valence-electron chi connectivity index (χ3n) is 3.28. The van der Waals surface area contributed by atoms with Crippen LogP contribution in [0.1, 0.15) is 32.3 Å². The van der Waals surface area contributed by atoms with E-state index < -0.39 is 24.0 Å². The molecule has 0 saturated heterocycles. The van der Waals surface area contributed by atoms with Crippen LogP contribution in [-0.2, 0) is 14.3 Å². The van der Waals surface area contributed by atoms with Crippen molar-refractivity contribution in [3.05, 3.63) is 42.0 Å². The van der Waals surface area contributed by atoms with Gasteiger partial charge >= 0.3 is 5.97 Å². The van der Waals surface area contributed by atoms with Crippen molar-refractivity contribution >= 4 is 18.0 Å². The van der Waals surface area contributed by atoms with E-state index >= 15 is 0 Å². The van der Waals surface area contributed by atoms with E-state index in [1.807, 2.05) is 50.3 Å². The maximum atomic E-state index is 11.9. The summed E-state index contributed by atoms with van der Waals surface area (Å²) in [6, 6.07) is 8.83. The molecule has 0 aliphatic heterocycles. The van der Waals surface area contributed by atoms with Gasteiger partial charge in [0.25, 0.3) is 0 Å². The molecule has 5 nitrogen and oxygen atoms in total. The van der Waals surface area contributed by atoms with E-state index in [0.717, 1.165) is 5.56 Å². The minimum Gasteiger partial charge on any atom is -0.467 e. The second kappa shape index (κ2) is 9.79. The number of nitrogens with one attached hydrogen (secondary N) is 1. The lowest BCUT2D eigenvalue weighted by molar-refractivity contribution is -0.146. The Kier molecular flexibility index (Phi) is 8.05. The third-order valence-corrected chi connectivity index (χ3v) is 3.28. The maximum Gasteiger partial charge on any atom is 0.328 e. The number of methoxy groups -OCH3 is 1. The Labute approximate surface area is 137 Å². The number of hydrogen-bond acceptors (Lipinski definition) is 4. The molecule has 0 aliphatic carbocycles. The van der Waals surface area contributed by atoms with Crippen LogP contribution >= 0.6 is 0 Å². The summed E-state index contributed by atoms with van der Waals surface area (Å²) in [6.07, 6.45) is 3.18. The first kappa shape index (κ1) is 18.9. The number of amides is 1. The molecule has 23 heavy (non-hydrogen) atoms. The standard InChI is InChI=1S/C18H25NO4/c1-13(2)12-16(20)17(21)19-15(18(22)23-3)11-7-10-14-8-5-4-6-9-14/h4-10,13,15-16,20H,11-12H2,1-3H3,(H,19,21)/b10-7+/t15-,16-/m0/s1. The molecule has 0 fully saturated rings. The molecular formula is C18H25NO4. The van der Waals surface area contributed by atoms with Crippen LogP contribution in [0.5, 0.6) is 0 Å². The van der Waals surface area contributed by atoms with Crippen LogP contribution in [0.15, 0.2) is 36.4 Å². The quantitative estimate of drug-likeness (QED) is 0.720. The van der Waals surface area contributed by atoms with Gasteiger partial charge < -0.3 is 15.2 Å². The van der Waals surface area contributed by atoms with Crippen molar-refractivity contribution < 1.29 is 19.4 Å². The molecule has 5 heteroatoms. The van der Waals surface area contributed by atoms with Crippen molar-refractivity contribution in [3.8, 4) is 0 Å². The van der Waals surface area contributed by atoms with E-state index in [4.69, 9.17) is 4.74 Å². The number of benzene rings is 1. The fraction of sp³-hybridized carbons (Fsp3) is 0.444. The van der Waals surface area contributed by atoms with Crippen molar-refractivity contribution in [1.82, 2.24) is 5.32 Å². The van der Waals surface area contributed by atoms with Gasteiger partial charge in [-0.25, -0.2) is 4.79 Å². The van der Waals surface area contributed by atoms with Crippen LogP contribution in [0.4, 0.5) is 0 Å². The fourth-order valence-corrected chi connectivity index (χ4v) is 2.08. The second-order valence-corrected chi connectivity index (χ2v) is 5.78. The summed E-state index contributed by atoms with van der Waals surface area (Å²) in [5.74, 6) is -0.902. The Bertz CT molecular complexity index is 525. The number of esters is 1. The van der Waals surface area contributed by atoms with E-state index in [0.29, 0.717) is 12.8 Å². The normalized spacial score (nSPS) is 13.8. The summed E-state index contributed by atoms with van der Waals surface area (Å²) >= 11 is 0. The van der Waals surface area contributed by atoms with E-state index in [2.05, 4.69) is 5.32 Å². The zero-order valence-electron chi connectivity index (χ0n) is 13.9. The molecular weight excluding hydrogens is 294 g/mol. The minimum atomic E-state index is -1.12. The lowest BCUT2D eigenvalue weighted by Crippen LogP contribution is -2.46. The molecule has 2 atom stereocenters. The van der Waals surface area contributed by atoms with Gasteiger partial charge in [-0.2, -0.15) is 0 Å². The number of carbonyl (C=O) groups is 2. The fourth-order valence-electron chi connectivity index (χ4n) is 2.08. The molecule has 0 spiro atoms. The lowest BCUT2D eigenvalue weighted by atomic mass is 10.0. The van der Waals surface area contributed by atoms with Crippen LogP contribution in [0.2, 0.25) is 0 Å². The largest absolute Gasteiger partial charge is 0.467 e. The van der Waals surface area contributed by atoms with Gasteiger partial charge in [0.15, 0.2) is 0 Å². The zero-order chi connectivity index (χ0) is 17.2. The third kappa shape index (κ3) is 7.10. The molecule has 0 aliphatic rings. The molecule has 0 unspecified atom stereocenters. The van der Waals surface area contributed by atoms with Crippen molar-refractivity contribution in [2.75, 3.05) is 7.11 Å². The first-order valence-electron chi connectivity index (χ1n) is 7.72. The molecule has 1 amide bonds. The van der Waals surface area contributed by atoms with Gasteiger partial charge in [0.1, 0.15) is 12.1 Å². The van der Waals surface area contributed by atoms with Crippen LogP contribution in [-0.4, -0.2) is 36.2 Å². The number of aliphatic hydroxyl groups is 1. The Morgan fingerprint density at radius 3 is 2.48 bits per heavy atom. The Morgan fingerprint density at radius 2 is 1.91 bits per heavy atom. The molecule has 0 saturated carbocycles. The van der Waals surface area contributed by atoms with Crippen molar-refractivity contribution in [3.63, 3.8) is 0 Å². The smallest absolute Gasteiger partial charge is 0.328 e. The first-order chi connectivity index (χ1) is 10.9. The van der Waals surface area contributed by atoms with E-state index in [-0.39, 0.29) is 5.92 Å². The molecule has 0 aromatic heterocycles. The molecule has 1 rings (SSSR count). The SMILES string of the molecule is COC(=O)[C@H](C/C=C/c1ccccc1)NC(=O)[C@@H](O)CC(C)C. The Balaban J connectivity index is 2.64. The van der Waals surface area contributed by atoms with Crippen molar-refractivity contribution in [2.24, 2.45) is 5.92 Å². The molecule has 1 aromatic rings. The summed E-state index contributed by atoms with van der Waals surface area (Å²) in [4.78, 5) is 23.7. The van der Waals surface area contributed by atoms with E-state index in [9.17, 15) is 14.7 Å². The van der Waals surface area contributed by atoms with Gasteiger partial charge in [-0.1, -0.05) is 56.3 Å². The number of carbonyl (C=O) groups excluding carboxylic acids is 2. The molecule has 0 radical (unpaired) electrons. The summed E-state index contributed by atoms with van der Waals surface area (Å²) in [5, 5.41) is 12.4. The Hall–Kier alpha value is -2.14.